The van der Waals surface area contributed by atoms with Gasteiger partial charge in [-0.25, -0.2) is 0 Å². The Bertz CT molecular complexity index is 845. The number of benzene rings is 2. The molecule has 1 aliphatic rings. The van der Waals surface area contributed by atoms with Gasteiger partial charge in [0.1, 0.15) is 0 Å². The lowest BCUT2D eigenvalue weighted by molar-refractivity contribution is 0.331. The van der Waals surface area contributed by atoms with Crippen molar-refractivity contribution in [1.82, 2.24) is 0 Å². The number of fused-ring (bicyclic) bond motifs is 1. The molecule has 0 bridgehead atoms. The normalized spacial score (nSPS) is 17.5. The van der Waals surface area contributed by atoms with Gasteiger partial charge in [0, 0.05) is 0 Å². The highest BCUT2D eigenvalue weighted by Gasteiger charge is 2.37. The molecule has 2 aromatic carbocycles. The second kappa shape index (κ2) is 6.40. The average molecular weight is 348 g/mol. The quantitative estimate of drug-likeness (QED) is 0.821. The second-order valence-corrected chi connectivity index (χ2v) is 8.95. The summed E-state index contributed by atoms with van der Waals surface area (Å²) in [4.78, 5) is 0. The van der Waals surface area contributed by atoms with Crippen molar-refractivity contribution in [2.24, 2.45) is 0 Å². The van der Waals surface area contributed by atoms with Gasteiger partial charge in [-0.2, -0.15) is 0 Å². The molecule has 2 N–H and O–H groups in total. The van der Waals surface area contributed by atoms with Gasteiger partial charge in [-0.15, -0.1) is 0 Å². The van der Waals surface area contributed by atoms with Crippen LogP contribution in [0.5, 0.6) is 0 Å². The van der Waals surface area contributed by atoms with Crippen LogP contribution in [0.2, 0.25) is 0 Å². The standard InChI is InChI=1S/C23H29BO2/c1-15-13-20-21(23(5,6)12-11-22(20,3)4)14-19(15)16(2)17-7-9-18(10-8-17)24(25)26/h7-10,13-14,25-26H,2,11-12H2,1,3-6H3. The lowest BCUT2D eigenvalue weighted by Gasteiger charge is -2.42. The molecule has 0 heterocycles. The molecule has 136 valence electrons. The van der Waals surface area contributed by atoms with Gasteiger partial charge in [0.05, 0.1) is 0 Å². The largest absolute Gasteiger partial charge is 0.488 e. The first-order chi connectivity index (χ1) is 12.0. The van der Waals surface area contributed by atoms with Crippen molar-refractivity contribution < 1.29 is 10.0 Å². The fourth-order valence-electron chi connectivity index (χ4n) is 4.06. The van der Waals surface area contributed by atoms with E-state index in [2.05, 4.69) is 53.3 Å². The Morgan fingerprint density at radius 2 is 1.42 bits per heavy atom. The van der Waals surface area contributed by atoms with Gasteiger partial charge in [0.25, 0.3) is 0 Å². The van der Waals surface area contributed by atoms with E-state index < -0.39 is 7.12 Å². The van der Waals surface area contributed by atoms with Crippen LogP contribution in [0, 0.1) is 6.92 Å². The molecule has 1 aliphatic carbocycles. The summed E-state index contributed by atoms with van der Waals surface area (Å²) in [6, 6.07) is 12.0. The molecular formula is C23H29BO2. The molecular weight excluding hydrogens is 319 g/mol. The van der Waals surface area contributed by atoms with Crippen molar-refractivity contribution in [3.05, 3.63) is 70.8 Å². The van der Waals surface area contributed by atoms with Crippen molar-refractivity contribution in [1.29, 1.82) is 0 Å². The molecule has 2 nitrogen and oxygen atoms in total. The van der Waals surface area contributed by atoms with Crippen molar-refractivity contribution >= 4 is 18.2 Å². The van der Waals surface area contributed by atoms with Gasteiger partial charge in [-0.05, 0) is 69.4 Å². The molecule has 0 aromatic heterocycles. The molecule has 2 aromatic rings. The molecule has 0 saturated heterocycles. The first kappa shape index (κ1) is 18.9. The van der Waals surface area contributed by atoms with E-state index in [0.717, 1.165) is 11.1 Å². The predicted octanol–water partition coefficient (Wildman–Crippen LogP) is 4.09. The SMILES string of the molecule is C=C(c1ccc(B(O)O)cc1)c1cc2c(cc1C)C(C)(C)CCC2(C)C. The second-order valence-electron chi connectivity index (χ2n) is 8.95. The van der Waals surface area contributed by atoms with E-state index in [1.165, 1.54) is 35.1 Å². The average Bonchev–Trinajstić information content (AvgIpc) is 2.58. The highest BCUT2D eigenvalue weighted by molar-refractivity contribution is 6.58. The Morgan fingerprint density at radius 1 is 0.923 bits per heavy atom. The van der Waals surface area contributed by atoms with E-state index in [-0.39, 0.29) is 10.8 Å². The van der Waals surface area contributed by atoms with E-state index in [1.54, 1.807) is 12.1 Å². The summed E-state index contributed by atoms with van der Waals surface area (Å²) in [5.41, 5.74) is 8.14. The highest BCUT2D eigenvalue weighted by Crippen LogP contribution is 2.47. The summed E-state index contributed by atoms with van der Waals surface area (Å²) in [6.07, 6.45) is 2.39. The first-order valence-corrected chi connectivity index (χ1v) is 9.34. The molecule has 0 amide bonds. The van der Waals surface area contributed by atoms with Crippen LogP contribution in [0.15, 0.2) is 43.0 Å². The number of aryl methyl sites for hydroxylation is 1. The third-order valence-corrected chi connectivity index (χ3v) is 6.08. The molecule has 0 radical (unpaired) electrons. The topological polar surface area (TPSA) is 40.5 Å². The summed E-state index contributed by atoms with van der Waals surface area (Å²) < 4.78 is 0. The Hall–Kier alpha value is -1.84. The Labute approximate surface area is 157 Å². The number of rotatable bonds is 3. The minimum absolute atomic E-state index is 0.165. The summed E-state index contributed by atoms with van der Waals surface area (Å²) in [5.74, 6) is 0. The van der Waals surface area contributed by atoms with E-state index in [0.29, 0.717) is 5.46 Å². The Kier molecular flexibility index (Phi) is 4.66. The predicted molar refractivity (Wildman–Crippen MR) is 111 cm³/mol. The van der Waals surface area contributed by atoms with Crippen LogP contribution < -0.4 is 5.46 Å². The summed E-state index contributed by atoms with van der Waals surface area (Å²) in [6.45, 7) is 15.8. The van der Waals surface area contributed by atoms with Crippen molar-refractivity contribution in [2.75, 3.05) is 0 Å². The van der Waals surface area contributed by atoms with Crippen molar-refractivity contribution in [3.63, 3.8) is 0 Å². The molecule has 3 rings (SSSR count). The fourth-order valence-corrected chi connectivity index (χ4v) is 4.06. The molecule has 0 fully saturated rings. The van der Waals surface area contributed by atoms with Crippen molar-refractivity contribution in [3.8, 4) is 0 Å². The van der Waals surface area contributed by atoms with Crippen LogP contribution in [0.25, 0.3) is 5.57 Å². The summed E-state index contributed by atoms with van der Waals surface area (Å²) in [7, 11) is -1.44. The van der Waals surface area contributed by atoms with Gasteiger partial charge >= 0.3 is 7.12 Å². The van der Waals surface area contributed by atoms with Crippen LogP contribution in [-0.4, -0.2) is 17.2 Å². The maximum absolute atomic E-state index is 9.29. The fraction of sp³-hybridized carbons (Fsp3) is 0.391. The van der Waals surface area contributed by atoms with Gasteiger partial charge in [0.2, 0.25) is 0 Å². The lowest BCUT2D eigenvalue weighted by atomic mass is 9.62. The van der Waals surface area contributed by atoms with Crippen LogP contribution in [0.3, 0.4) is 0 Å². The van der Waals surface area contributed by atoms with E-state index >= 15 is 0 Å². The van der Waals surface area contributed by atoms with Crippen LogP contribution in [0.1, 0.15) is 68.4 Å². The Morgan fingerprint density at radius 3 is 1.92 bits per heavy atom. The van der Waals surface area contributed by atoms with Gasteiger partial charge < -0.3 is 10.0 Å². The lowest BCUT2D eigenvalue weighted by Crippen LogP contribution is -2.34. The summed E-state index contributed by atoms with van der Waals surface area (Å²) >= 11 is 0. The van der Waals surface area contributed by atoms with E-state index in [9.17, 15) is 10.0 Å². The van der Waals surface area contributed by atoms with E-state index in [1.807, 2.05) is 12.1 Å². The number of hydrogen-bond acceptors (Lipinski definition) is 2. The molecule has 0 spiro atoms. The van der Waals surface area contributed by atoms with Crippen molar-refractivity contribution in [2.45, 2.75) is 58.3 Å². The van der Waals surface area contributed by atoms with Crippen LogP contribution in [-0.2, 0) is 10.8 Å². The number of hydrogen-bond donors (Lipinski definition) is 2. The molecule has 0 unspecified atom stereocenters. The minimum atomic E-state index is -1.44. The Balaban J connectivity index is 2.07. The first-order valence-electron chi connectivity index (χ1n) is 9.34. The zero-order chi connectivity index (χ0) is 19.3. The molecule has 0 atom stereocenters. The van der Waals surface area contributed by atoms with Crippen LogP contribution in [0.4, 0.5) is 0 Å². The highest BCUT2D eigenvalue weighted by atomic mass is 16.4. The maximum Gasteiger partial charge on any atom is 0.488 e. The van der Waals surface area contributed by atoms with Gasteiger partial charge in [-0.1, -0.05) is 70.7 Å². The smallest absolute Gasteiger partial charge is 0.423 e. The van der Waals surface area contributed by atoms with Gasteiger partial charge in [0.15, 0.2) is 0 Å². The molecule has 26 heavy (non-hydrogen) atoms. The maximum atomic E-state index is 9.29. The van der Waals surface area contributed by atoms with Crippen LogP contribution >= 0.6 is 0 Å². The van der Waals surface area contributed by atoms with Gasteiger partial charge in [-0.3, -0.25) is 0 Å². The third-order valence-electron chi connectivity index (χ3n) is 6.08. The third kappa shape index (κ3) is 3.26. The molecule has 0 saturated carbocycles. The molecule has 3 heteroatoms. The zero-order valence-electron chi connectivity index (χ0n) is 16.6. The summed E-state index contributed by atoms with van der Waals surface area (Å²) in [5, 5.41) is 18.6. The molecule has 0 aliphatic heterocycles. The monoisotopic (exact) mass is 348 g/mol. The minimum Gasteiger partial charge on any atom is -0.423 e. The van der Waals surface area contributed by atoms with E-state index in [4.69, 9.17) is 0 Å². The zero-order valence-corrected chi connectivity index (χ0v) is 16.6.